The molecule has 2 heterocycles. The highest BCUT2D eigenvalue weighted by Crippen LogP contribution is 2.24. The third kappa shape index (κ3) is 3.62. The molecule has 0 spiro atoms. The molecule has 0 atom stereocenters. The molecule has 1 aromatic carbocycles. The summed E-state index contributed by atoms with van der Waals surface area (Å²) < 4.78 is 6.11. The molecule has 0 bridgehead atoms. The first kappa shape index (κ1) is 17.0. The Morgan fingerprint density at radius 1 is 1.04 bits per heavy atom. The molecule has 1 aliphatic heterocycles. The Hall–Kier alpha value is -1.86. The number of benzene rings is 1. The van der Waals surface area contributed by atoms with Crippen LogP contribution in [0.15, 0.2) is 40.2 Å². The first-order valence-corrected chi connectivity index (χ1v) is 9.17. The molecular weight excluding hydrogens is 392 g/mol. The molecule has 0 radical (unpaired) electrons. The van der Waals surface area contributed by atoms with Crippen LogP contribution in [0, 0.1) is 0 Å². The van der Waals surface area contributed by atoms with Crippen molar-refractivity contribution in [1.82, 2.24) is 9.80 Å². The van der Waals surface area contributed by atoms with Crippen molar-refractivity contribution in [2.75, 3.05) is 33.3 Å². The number of ether oxygens (including phenoxy) is 1. The number of methoxy groups -OCH3 is 1. The van der Waals surface area contributed by atoms with E-state index in [4.69, 9.17) is 4.74 Å². The van der Waals surface area contributed by atoms with Gasteiger partial charge >= 0.3 is 0 Å². The van der Waals surface area contributed by atoms with E-state index in [-0.39, 0.29) is 11.8 Å². The summed E-state index contributed by atoms with van der Waals surface area (Å²) in [6.07, 6.45) is 0. The molecule has 7 heteroatoms. The van der Waals surface area contributed by atoms with Gasteiger partial charge in [-0.05, 0) is 46.3 Å². The fourth-order valence-electron chi connectivity index (χ4n) is 2.64. The molecule has 3 rings (SSSR count). The summed E-state index contributed by atoms with van der Waals surface area (Å²) >= 11 is 4.80. The summed E-state index contributed by atoms with van der Waals surface area (Å²) in [6.45, 7) is 2.16. The quantitative estimate of drug-likeness (QED) is 0.783. The summed E-state index contributed by atoms with van der Waals surface area (Å²) in [7, 11) is 1.58. The monoisotopic (exact) mass is 408 g/mol. The predicted octanol–water partition coefficient (Wildman–Crippen LogP) is 3.12. The summed E-state index contributed by atoms with van der Waals surface area (Å²) in [5.41, 5.74) is 0.608. The van der Waals surface area contributed by atoms with Gasteiger partial charge in [0.2, 0.25) is 0 Å². The van der Waals surface area contributed by atoms with Crippen LogP contribution in [0.3, 0.4) is 0 Å². The van der Waals surface area contributed by atoms with E-state index >= 15 is 0 Å². The van der Waals surface area contributed by atoms with Crippen LogP contribution in [-0.4, -0.2) is 54.9 Å². The standard InChI is InChI=1S/C17H17BrN2O3S/c1-23-13-4-2-3-12(11-13)16(21)19-7-9-20(10-8-19)17(22)14-5-6-15(18)24-14/h2-6,11H,7-10H2,1H3. The average Bonchev–Trinajstić information content (AvgIpc) is 3.07. The Balaban J connectivity index is 1.62. The molecule has 126 valence electrons. The van der Waals surface area contributed by atoms with Gasteiger partial charge in [-0.25, -0.2) is 0 Å². The van der Waals surface area contributed by atoms with E-state index in [1.807, 2.05) is 18.2 Å². The molecule has 1 aromatic heterocycles. The Morgan fingerprint density at radius 3 is 2.29 bits per heavy atom. The van der Waals surface area contributed by atoms with Crippen molar-refractivity contribution in [2.24, 2.45) is 0 Å². The lowest BCUT2D eigenvalue weighted by Gasteiger charge is -2.34. The van der Waals surface area contributed by atoms with Gasteiger partial charge in [-0.15, -0.1) is 11.3 Å². The van der Waals surface area contributed by atoms with Gasteiger partial charge in [0, 0.05) is 31.7 Å². The van der Waals surface area contributed by atoms with Gasteiger partial charge in [0.15, 0.2) is 0 Å². The number of halogens is 1. The predicted molar refractivity (Wildman–Crippen MR) is 96.8 cm³/mol. The van der Waals surface area contributed by atoms with Gasteiger partial charge in [-0.2, -0.15) is 0 Å². The molecule has 2 aromatic rings. The lowest BCUT2D eigenvalue weighted by atomic mass is 10.1. The SMILES string of the molecule is COc1cccc(C(=O)N2CCN(C(=O)c3ccc(Br)s3)CC2)c1. The third-order valence-electron chi connectivity index (χ3n) is 3.95. The molecule has 0 aliphatic carbocycles. The third-order valence-corrected chi connectivity index (χ3v) is 5.57. The molecule has 2 amide bonds. The number of hydrogen-bond acceptors (Lipinski definition) is 4. The van der Waals surface area contributed by atoms with Crippen LogP contribution in [0.2, 0.25) is 0 Å². The maximum absolute atomic E-state index is 12.6. The van der Waals surface area contributed by atoms with Crippen LogP contribution in [0.4, 0.5) is 0 Å². The molecule has 24 heavy (non-hydrogen) atoms. The number of rotatable bonds is 3. The summed E-state index contributed by atoms with van der Waals surface area (Å²) in [6, 6.07) is 10.8. The zero-order chi connectivity index (χ0) is 17.1. The van der Waals surface area contributed by atoms with E-state index in [1.165, 1.54) is 11.3 Å². The van der Waals surface area contributed by atoms with E-state index < -0.39 is 0 Å². The fraction of sp³-hybridized carbons (Fsp3) is 0.294. The number of carbonyl (C=O) groups excluding carboxylic acids is 2. The Kier molecular flexibility index (Phi) is 5.20. The van der Waals surface area contributed by atoms with Crippen LogP contribution in [0.1, 0.15) is 20.0 Å². The number of thiophene rings is 1. The summed E-state index contributed by atoms with van der Waals surface area (Å²) in [4.78, 5) is 29.3. The van der Waals surface area contributed by atoms with E-state index in [0.29, 0.717) is 37.5 Å². The van der Waals surface area contributed by atoms with Gasteiger partial charge < -0.3 is 14.5 Å². The highest BCUT2D eigenvalue weighted by molar-refractivity contribution is 9.11. The molecule has 1 saturated heterocycles. The van der Waals surface area contributed by atoms with E-state index in [2.05, 4.69) is 15.9 Å². The Bertz CT molecular complexity index is 754. The van der Waals surface area contributed by atoms with Crippen LogP contribution in [0.5, 0.6) is 5.75 Å². The molecule has 1 fully saturated rings. The highest BCUT2D eigenvalue weighted by atomic mass is 79.9. The fourth-order valence-corrected chi connectivity index (χ4v) is 3.99. The van der Waals surface area contributed by atoms with Crippen molar-refractivity contribution < 1.29 is 14.3 Å². The second-order valence-electron chi connectivity index (χ2n) is 5.42. The molecule has 5 nitrogen and oxygen atoms in total. The lowest BCUT2D eigenvalue weighted by molar-refractivity contribution is 0.0538. The van der Waals surface area contributed by atoms with Gasteiger partial charge in [0.1, 0.15) is 5.75 Å². The van der Waals surface area contributed by atoms with E-state index in [0.717, 1.165) is 8.66 Å². The Morgan fingerprint density at radius 2 is 1.71 bits per heavy atom. The van der Waals surface area contributed by atoms with E-state index in [9.17, 15) is 9.59 Å². The van der Waals surface area contributed by atoms with Crippen LogP contribution in [-0.2, 0) is 0 Å². The van der Waals surface area contributed by atoms with Crippen molar-refractivity contribution in [3.8, 4) is 5.75 Å². The van der Waals surface area contributed by atoms with Crippen LogP contribution >= 0.6 is 27.3 Å². The minimum absolute atomic E-state index is 0.0270. The molecule has 0 unspecified atom stereocenters. The maximum atomic E-state index is 12.6. The van der Waals surface area contributed by atoms with Gasteiger partial charge in [0.25, 0.3) is 11.8 Å². The minimum Gasteiger partial charge on any atom is -0.497 e. The van der Waals surface area contributed by atoms with Gasteiger partial charge in [0.05, 0.1) is 15.8 Å². The van der Waals surface area contributed by atoms with Gasteiger partial charge in [-0.3, -0.25) is 9.59 Å². The zero-order valence-electron chi connectivity index (χ0n) is 13.2. The highest BCUT2D eigenvalue weighted by Gasteiger charge is 2.26. The second-order valence-corrected chi connectivity index (χ2v) is 7.88. The smallest absolute Gasteiger partial charge is 0.264 e. The van der Waals surface area contributed by atoms with E-state index in [1.54, 1.807) is 35.1 Å². The lowest BCUT2D eigenvalue weighted by Crippen LogP contribution is -2.50. The molecular formula is C17H17BrN2O3S. The number of carbonyl (C=O) groups is 2. The van der Waals surface area contributed by atoms with Crippen molar-refractivity contribution >= 4 is 39.1 Å². The number of piperazine rings is 1. The van der Waals surface area contributed by atoms with Gasteiger partial charge in [-0.1, -0.05) is 6.07 Å². The second kappa shape index (κ2) is 7.36. The largest absolute Gasteiger partial charge is 0.497 e. The Labute approximate surface area is 153 Å². The molecule has 1 aliphatic rings. The van der Waals surface area contributed by atoms with Crippen molar-refractivity contribution in [3.63, 3.8) is 0 Å². The van der Waals surface area contributed by atoms with Crippen molar-refractivity contribution in [1.29, 1.82) is 0 Å². The normalized spacial score (nSPS) is 14.6. The zero-order valence-corrected chi connectivity index (χ0v) is 15.6. The first-order valence-electron chi connectivity index (χ1n) is 7.56. The number of amides is 2. The first-order chi connectivity index (χ1) is 11.6. The number of nitrogens with zero attached hydrogens (tertiary/aromatic N) is 2. The maximum Gasteiger partial charge on any atom is 0.264 e. The van der Waals surface area contributed by atoms with Crippen molar-refractivity contribution in [2.45, 2.75) is 0 Å². The molecule has 0 saturated carbocycles. The summed E-state index contributed by atoms with van der Waals surface area (Å²) in [5, 5.41) is 0. The number of hydrogen-bond donors (Lipinski definition) is 0. The van der Waals surface area contributed by atoms with Crippen molar-refractivity contribution in [3.05, 3.63) is 50.6 Å². The average molecular weight is 409 g/mol. The van der Waals surface area contributed by atoms with Crippen LogP contribution in [0.25, 0.3) is 0 Å². The topological polar surface area (TPSA) is 49.9 Å². The minimum atomic E-state index is -0.0279. The van der Waals surface area contributed by atoms with Crippen LogP contribution < -0.4 is 4.74 Å². The molecule has 0 N–H and O–H groups in total. The summed E-state index contributed by atoms with van der Waals surface area (Å²) in [5.74, 6) is 0.664.